The SMILES string of the molecule is CC(=O)N(CCC(=O)Nc1ccccc1C)c1ccccc1C(F)(F)F. The highest BCUT2D eigenvalue weighted by Crippen LogP contribution is 2.36. The summed E-state index contributed by atoms with van der Waals surface area (Å²) in [7, 11) is 0. The van der Waals surface area contributed by atoms with E-state index in [9.17, 15) is 22.8 Å². The van der Waals surface area contributed by atoms with Crippen LogP contribution in [0, 0.1) is 6.92 Å². The van der Waals surface area contributed by atoms with E-state index >= 15 is 0 Å². The minimum absolute atomic E-state index is 0.125. The van der Waals surface area contributed by atoms with E-state index in [1.165, 1.54) is 25.1 Å². The largest absolute Gasteiger partial charge is 0.418 e. The summed E-state index contributed by atoms with van der Waals surface area (Å²) in [4.78, 5) is 25.0. The van der Waals surface area contributed by atoms with Gasteiger partial charge in [0.25, 0.3) is 0 Å². The molecular formula is C19H19F3N2O2. The fraction of sp³-hybridized carbons (Fsp3) is 0.263. The maximum Gasteiger partial charge on any atom is 0.418 e. The number of carbonyl (C=O) groups excluding carboxylic acids is 2. The number of alkyl halides is 3. The number of hydrogen-bond donors (Lipinski definition) is 1. The number of carbonyl (C=O) groups is 2. The first-order chi connectivity index (χ1) is 12.2. The molecule has 2 rings (SSSR count). The molecule has 4 nitrogen and oxygen atoms in total. The van der Waals surface area contributed by atoms with Crippen LogP contribution < -0.4 is 10.2 Å². The Hall–Kier alpha value is -2.83. The van der Waals surface area contributed by atoms with Crippen LogP contribution in [0.25, 0.3) is 0 Å². The van der Waals surface area contributed by atoms with Crippen LogP contribution in [0.2, 0.25) is 0 Å². The lowest BCUT2D eigenvalue weighted by atomic mass is 10.1. The Kier molecular flexibility index (Phi) is 6.02. The molecule has 1 N–H and O–H groups in total. The Balaban J connectivity index is 2.14. The summed E-state index contributed by atoms with van der Waals surface area (Å²) in [5.41, 5.74) is 0.333. The first kappa shape index (κ1) is 19.5. The number of anilines is 2. The minimum atomic E-state index is -4.59. The molecule has 0 aliphatic carbocycles. The van der Waals surface area contributed by atoms with Crippen molar-refractivity contribution in [1.82, 2.24) is 0 Å². The highest BCUT2D eigenvalue weighted by molar-refractivity contribution is 5.95. The van der Waals surface area contributed by atoms with E-state index in [-0.39, 0.29) is 24.6 Å². The second kappa shape index (κ2) is 8.03. The fourth-order valence-electron chi connectivity index (χ4n) is 2.54. The van der Waals surface area contributed by atoms with Crippen molar-refractivity contribution in [1.29, 1.82) is 0 Å². The number of amides is 2. The van der Waals surface area contributed by atoms with Crippen molar-refractivity contribution in [2.24, 2.45) is 0 Å². The third-order valence-corrected chi connectivity index (χ3v) is 3.86. The molecule has 2 aromatic carbocycles. The third kappa shape index (κ3) is 4.84. The zero-order chi connectivity index (χ0) is 19.3. The first-order valence-corrected chi connectivity index (χ1v) is 8.00. The second-order valence-electron chi connectivity index (χ2n) is 5.80. The lowest BCUT2D eigenvalue weighted by molar-refractivity contribution is -0.137. The van der Waals surface area contributed by atoms with Crippen LogP contribution in [0.3, 0.4) is 0 Å². The van der Waals surface area contributed by atoms with Crippen LogP contribution in [0.1, 0.15) is 24.5 Å². The number of halogens is 3. The molecule has 0 aliphatic heterocycles. The average Bonchev–Trinajstić information content (AvgIpc) is 2.56. The van der Waals surface area contributed by atoms with Crippen molar-refractivity contribution in [2.75, 3.05) is 16.8 Å². The van der Waals surface area contributed by atoms with Crippen LogP contribution >= 0.6 is 0 Å². The standard InChI is InChI=1S/C19H19F3N2O2/c1-13-7-3-5-9-16(13)23-18(26)11-12-24(14(2)25)17-10-6-4-8-15(17)19(20,21)22/h3-10H,11-12H2,1-2H3,(H,23,26). The Morgan fingerprint density at radius 1 is 1.04 bits per heavy atom. The van der Waals surface area contributed by atoms with E-state index in [2.05, 4.69) is 5.32 Å². The molecule has 0 saturated carbocycles. The second-order valence-corrected chi connectivity index (χ2v) is 5.80. The number of benzene rings is 2. The molecule has 0 saturated heterocycles. The van der Waals surface area contributed by atoms with Crippen LogP contribution in [-0.4, -0.2) is 18.4 Å². The molecule has 0 unspecified atom stereocenters. The van der Waals surface area contributed by atoms with Gasteiger partial charge < -0.3 is 10.2 Å². The highest BCUT2D eigenvalue weighted by atomic mass is 19.4. The van der Waals surface area contributed by atoms with Gasteiger partial charge in [0, 0.05) is 25.6 Å². The zero-order valence-electron chi connectivity index (χ0n) is 14.4. The van der Waals surface area contributed by atoms with Gasteiger partial charge in [0.1, 0.15) is 0 Å². The molecule has 0 bridgehead atoms. The van der Waals surface area contributed by atoms with Crippen LogP contribution in [-0.2, 0) is 15.8 Å². The van der Waals surface area contributed by atoms with E-state index in [4.69, 9.17) is 0 Å². The molecule has 0 atom stereocenters. The molecule has 0 radical (unpaired) electrons. The Morgan fingerprint density at radius 3 is 2.27 bits per heavy atom. The van der Waals surface area contributed by atoms with Crippen molar-refractivity contribution in [3.8, 4) is 0 Å². The number of hydrogen-bond acceptors (Lipinski definition) is 2. The molecule has 0 aliphatic rings. The molecule has 2 aromatic rings. The molecule has 0 heterocycles. The van der Waals surface area contributed by atoms with Gasteiger partial charge in [-0.05, 0) is 30.7 Å². The molecule has 0 aromatic heterocycles. The summed E-state index contributed by atoms with van der Waals surface area (Å²) in [6.45, 7) is 2.85. The van der Waals surface area contributed by atoms with Crippen LogP contribution in [0.5, 0.6) is 0 Å². The van der Waals surface area contributed by atoms with Crippen molar-refractivity contribution >= 4 is 23.2 Å². The van der Waals surface area contributed by atoms with E-state index in [0.717, 1.165) is 16.5 Å². The summed E-state index contributed by atoms with van der Waals surface area (Å²) < 4.78 is 39.6. The molecular weight excluding hydrogens is 345 g/mol. The number of nitrogens with one attached hydrogen (secondary N) is 1. The van der Waals surface area contributed by atoms with Gasteiger partial charge in [-0.3, -0.25) is 9.59 Å². The summed E-state index contributed by atoms with van der Waals surface area (Å²) in [5, 5.41) is 2.70. The third-order valence-electron chi connectivity index (χ3n) is 3.86. The Morgan fingerprint density at radius 2 is 1.65 bits per heavy atom. The Bertz CT molecular complexity index is 803. The van der Waals surface area contributed by atoms with E-state index in [1.807, 2.05) is 19.1 Å². The fourth-order valence-corrected chi connectivity index (χ4v) is 2.54. The average molecular weight is 364 g/mol. The zero-order valence-corrected chi connectivity index (χ0v) is 14.4. The van der Waals surface area contributed by atoms with Crippen molar-refractivity contribution < 1.29 is 22.8 Å². The van der Waals surface area contributed by atoms with E-state index in [0.29, 0.717) is 5.69 Å². The number of nitrogens with zero attached hydrogens (tertiary/aromatic N) is 1. The van der Waals surface area contributed by atoms with Crippen molar-refractivity contribution in [3.63, 3.8) is 0 Å². The molecule has 0 spiro atoms. The molecule has 138 valence electrons. The van der Waals surface area contributed by atoms with Crippen LogP contribution in [0.4, 0.5) is 24.5 Å². The van der Waals surface area contributed by atoms with E-state index < -0.39 is 17.6 Å². The Labute approximate surface area is 149 Å². The monoisotopic (exact) mass is 364 g/mol. The van der Waals surface area contributed by atoms with Gasteiger partial charge in [0.2, 0.25) is 11.8 Å². The first-order valence-electron chi connectivity index (χ1n) is 8.00. The van der Waals surface area contributed by atoms with Gasteiger partial charge in [0.15, 0.2) is 0 Å². The maximum atomic E-state index is 13.2. The molecule has 0 fully saturated rings. The quantitative estimate of drug-likeness (QED) is 0.855. The normalized spacial score (nSPS) is 11.1. The lowest BCUT2D eigenvalue weighted by Crippen LogP contribution is -2.33. The molecule has 26 heavy (non-hydrogen) atoms. The number of para-hydroxylation sites is 2. The summed E-state index contributed by atoms with van der Waals surface area (Å²) in [5.74, 6) is -0.944. The smallest absolute Gasteiger partial charge is 0.326 e. The summed E-state index contributed by atoms with van der Waals surface area (Å²) in [6, 6.07) is 12.0. The van der Waals surface area contributed by atoms with Gasteiger partial charge in [-0.15, -0.1) is 0 Å². The minimum Gasteiger partial charge on any atom is -0.326 e. The van der Waals surface area contributed by atoms with Crippen molar-refractivity contribution in [2.45, 2.75) is 26.4 Å². The molecule has 2 amide bonds. The number of rotatable bonds is 5. The van der Waals surface area contributed by atoms with Gasteiger partial charge in [-0.1, -0.05) is 30.3 Å². The summed E-state index contributed by atoms with van der Waals surface area (Å²) in [6.07, 6.45) is -4.71. The predicted octanol–water partition coefficient (Wildman–Crippen LogP) is 4.40. The van der Waals surface area contributed by atoms with E-state index in [1.54, 1.807) is 12.1 Å². The van der Waals surface area contributed by atoms with Gasteiger partial charge in [-0.25, -0.2) is 0 Å². The predicted molar refractivity (Wildman–Crippen MR) is 93.9 cm³/mol. The van der Waals surface area contributed by atoms with Crippen molar-refractivity contribution in [3.05, 3.63) is 59.7 Å². The van der Waals surface area contributed by atoms with Gasteiger partial charge in [0.05, 0.1) is 11.3 Å². The summed E-state index contributed by atoms with van der Waals surface area (Å²) >= 11 is 0. The topological polar surface area (TPSA) is 49.4 Å². The van der Waals surface area contributed by atoms with Gasteiger partial charge >= 0.3 is 6.18 Å². The maximum absolute atomic E-state index is 13.2. The van der Waals surface area contributed by atoms with Crippen LogP contribution in [0.15, 0.2) is 48.5 Å². The van der Waals surface area contributed by atoms with Gasteiger partial charge in [-0.2, -0.15) is 13.2 Å². The highest BCUT2D eigenvalue weighted by Gasteiger charge is 2.35. The number of aryl methyl sites for hydroxylation is 1. The lowest BCUT2D eigenvalue weighted by Gasteiger charge is -2.24. The molecule has 7 heteroatoms.